The summed E-state index contributed by atoms with van der Waals surface area (Å²) in [6.07, 6.45) is -4.38. The topological polar surface area (TPSA) is 89.9 Å². The van der Waals surface area contributed by atoms with Crippen molar-refractivity contribution in [2.24, 2.45) is 0 Å². The molecular weight excluding hydrogens is 509 g/mol. The van der Waals surface area contributed by atoms with Crippen LogP contribution in [-0.2, 0) is 9.53 Å². The Morgan fingerprint density at radius 3 is 2.71 bits per heavy atom. The van der Waals surface area contributed by atoms with Crippen LogP contribution in [0.25, 0.3) is 0 Å². The molecule has 4 fully saturated rings. The number of carbonyl (C=O) groups excluding carboxylic acids is 1. The lowest BCUT2D eigenvalue weighted by atomic mass is 9.46. The number of fused-ring (bicyclic) bond motifs is 1. The molecule has 1 amide bonds. The first-order valence-corrected chi connectivity index (χ1v) is 12.6. The minimum absolute atomic E-state index is 0.0541. The first-order valence-electron chi connectivity index (χ1n) is 11.4. The predicted molar refractivity (Wildman–Crippen MR) is 119 cm³/mol. The number of benzene rings is 1. The summed E-state index contributed by atoms with van der Waals surface area (Å²) in [4.78, 5) is 17.3. The smallest absolute Gasteiger partial charge is 0.480 e. The lowest BCUT2D eigenvalue weighted by Gasteiger charge is -2.68. The maximum absolute atomic E-state index is 12.8. The molecule has 2 aromatic rings. The number of nitrogens with one attached hydrogen (secondary N) is 1. The average molecular weight is 531 g/mol. The Hall–Kier alpha value is -2.08. The van der Waals surface area contributed by atoms with Crippen LogP contribution in [0.3, 0.4) is 0 Å². The molecule has 1 aromatic heterocycles. The number of hydrogen-bond donors (Lipinski definition) is 2. The first kappa shape index (κ1) is 23.3. The van der Waals surface area contributed by atoms with Gasteiger partial charge in [0.1, 0.15) is 11.4 Å². The van der Waals surface area contributed by atoms with Gasteiger partial charge >= 0.3 is 6.36 Å². The van der Waals surface area contributed by atoms with Gasteiger partial charge in [-0.1, -0.05) is 22.9 Å². The molecule has 2 atom stereocenters. The molecule has 0 radical (unpaired) electrons. The molecule has 1 aliphatic heterocycles. The summed E-state index contributed by atoms with van der Waals surface area (Å²) < 4.78 is 52.8. The summed E-state index contributed by atoms with van der Waals surface area (Å²) in [7, 11) is 0. The Labute approximate surface area is 207 Å². The van der Waals surface area contributed by atoms with Crippen molar-refractivity contribution in [3.63, 3.8) is 0 Å². The van der Waals surface area contributed by atoms with E-state index in [0.29, 0.717) is 53.6 Å². The number of aliphatic hydroxyl groups is 1. The monoisotopic (exact) mass is 530 g/mol. The molecule has 2 bridgehead atoms. The Morgan fingerprint density at radius 1 is 1.26 bits per heavy atom. The molecule has 35 heavy (non-hydrogen) atoms. The molecular formula is C23H22ClF3N2O5S. The van der Waals surface area contributed by atoms with Gasteiger partial charge < -0.3 is 19.9 Å². The number of ether oxygens (including phenoxy) is 3. The van der Waals surface area contributed by atoms with Gasteiger partial charge in [0.05, 0.1) is 23.4 Å². The molecule has 2 N–H and O–H groups in total. The molecule has 188 valence electrons. The van der Waals surface area contributed by atoms with Crippen molar-refractivity contribution in [1.29, 1.82) is 0 Å². The Bertz CT molecular complexity index is 1150. The number of aromatic nitrogens is 1. The van der Waals surface area contributed by atoms with Gasteiger partial charge in [0.2, 0.25) is 0 Å². The van der Waals surface area contributed by atoms with Crippen molar-refractivity contribution in [2.45, 2.75) is 80.3 Å². The number of aliphatic hydroxyl groups excluding tert-OH is 1. The Balaban J connectivity index is 0.989. The van der Waals surface area contributed by atoms with E-state index in [1.165, 1.54) is 11.3 Å². The van der Waals surface area contributed by atoms with Gasteiger partial charge in [-0.25, -0.2) is 4.98 Å². The number of thiazole rings is 1. The van der Waals surface area contributed by atoms with E-state index in [-0.39, 0.29) is 29.4 Å². The highest BCUT2D eigenvalue weighted by Gasteiger charge is 2.71. The van der Waals surface area contributed by atoms with Crippen LogP contribution in [0.15, 0.2) is 23.6 Å². The van der Waals surface area contributed by atoms with Crippen LogP contribution in [0.2, 0.25) is 5.02 Å². The molecule has 0 saturated heterocycles. The van der Waals surface area contributed by atoms with Crippen molar-refractivity contribution in [1.82, 2.24) is 10.3 Å². The minimum atomic E-state index is -4.61. The second-order valence-corrected chi connectivity index (χ2v) is 11.3. The van der Waals surface area contributed by atoms with Gasteiger partial charge in [-0.15, -0.1) is 13.2 Å². The fraction of sp³-hybridized carbons (Fsp3) is 0.565. The molecule has 1 unspecified atom stereocenters. The Morgan fingerprint density at radius 2 is 2.00 bits per heavy atom. The predicted octanol–water partition coefficient (Wildman–Crippen LogP) is 4.63. The third-order valence-electron chi connectivity index (χ3n) is 7.32. The number of hydrogen-bond acceptors (Lipinski definition) is 7. The largest absolute Gasteiger partial charge is 0.522 e. The van der Waals surface area contributed by atoms with Crippen molar-refractivity contribution in [2.75, 3.05) is 0 Å². The van der Waals surface area contributed by atoms with Crippen molar-refractivity contribution in [3.05, 3.63) is 39.9 Å². The lowest BCUT2D eigenvalue weighted by Crippen LogP contribution is -2.81. The van der Waals surface area contributed by atoms with Gasteiger partial charge in [-0.05, 0) is 31.0 Å². The number of rotatable bonds is 6. The van der Waals surface area contributed by atoms with Gasteiger partial charge in [0.25, 0.3) is 11.1 Å². The maximum atomic E-state index is 12.8. The van der Waals surface area contributed by atoms with E-state index >= 15 is 0 Å². The molecule has 7 nitrogen and oxygen atoms in total. The van der Waals surface area contributed by atoms with Crippen LogP contribution in [0, 0.1) is 0 Å². The van der Waals surface area contributed by atoms with Crippen LogP contribution < -0.4 is 14.8 Å². The zero-order valence-electron chi connectivity index (χ0n) is 18.3. The number of alkyl halides is 3. The quantitative estimate of drug-likeness (QED) is 0.566. The van der Waals surface area contributed by atoms with E-state index in [1.54, 1.807) is 18.2 Å². The number of carbonyl (C=O) groups is 1. The molecule has 0 spiro atoms. The second kappa shape index (κ2) is 7.96. The molecule has 2 heterocycles. The van der Waals surface area contributed by atoms with E-state index in [2.05, 4.69) is 15.0 Å². The summed E-state index contributed by atoms with van der Waals surface area (Å²) in [6, 6.07) is 4.94. The van der Waals surface area contributed by atoms with Gasteiger partial charge in [0, 0.05) is 47.6 Å². The zero-order valence-corrected chi connectivity index (χ0v) is 19.9. The molecule has 1 aromatic carbocycles. The number of halogens is 4. The summed E-state index contributed by atoms with van der Waals surface area (Å²) in [5.74, 6) is 0.129. The summed E-state index contributed by atoms with van der Waals surface area (Å²) >= 11 is 7.31. The maximum Gasteiger partial charge on any atom is 0.522 e. The fourth-order valence-electron chi connectivity index (χ4n) is 5.64. The average Bonchev–Trinajstić information content (AvgIpc) is 3.15. The molecule has 7 rings (SSSR count). The Kier molecular flexibility index (Phi) is 5.30. The van der Waals surface area contributed by atoms with E-state index in [4.69, 9.17) is 21.1 Å². The van der Waals surface area contributed by atoms with Crippen LogP contribution in [0.4, 0.5) is 13.2 Å². The minimum Gasteiger partial charge on any atom is -0.480 e. The van der Waals surface area contributed by atoms with Gasteiger partial charge in [-0.3, -0.25) is 9.53 Å². The van der Waals surface area contributed by atoms with E-state index in [0.717, 1.165) is 5.69 Å². The van der Waals surface area contributed by atoms with E-state index in [1.807, 2.05) is 5.38 Å². The SMILES string of the molecule is O=C(NC12CC(Oc3nc(C4CC(OC(F)(F)F)C4)cs3)(C1)C2)C1C[C@@H](O)c2cc(Cl)ccc2O1. The first-order chi connectivity index (χ1) is 16.5. The lowest BCUT2D eigenvalue weighted by molar-refractivity contribution is -0.351. The highest BCUT2D eigenvalue weighted by atomic mass is 35.5. The van der Waals surface area contributed by atoms with Gasteiger partial charge in [0.15, 0.2) is 6.10 Å². The summed E-state index contributed by atoms with van der Waals surface area (Å²) in [5.41, 5.74) is 0.589. The van der Waals surface area contributed by atoms with E-state index in [9.17, 15) is 23.1 Å². The second-order valence-electron chi connectivity index (χ2n) is 10.0. The van der Waals surface area contributed by atoms with Crippen LogP contribution in [0.5, 0.6) is 10.9 Å². The fourth-order valence-corrected chi connectivity index (χ4v) is 6.67. The zero-order chi connectivity index (χ0) is 24.6. The van der Waals surface area contributed by atoms with Gasteiger partial charge in [-0.2, -0.15) is 0 Å². The molecule has 4 saturated carbocycles. The van der Waals surface area contributed by atoms with Crippen molar-refractivity contribution in [3.8, 4) is 10.9 Å². The highest BCUT2D eigenvalue weighted by molar-refractivity contribution is 7.11. The normalized spacial score (nSPS) is 35.0. The van der Waals surface area contributed by atoms with E-state index < -0.39 is 24.7 Å². The molecule has 4 aliphatic carbocycles. The molecule has 5 aliphatic rings. The molecule has 12 heteroatoms. The number of nitrogens with zero attached hydrogens (tertiary/aromatic N) is 1. The van der Waals surface area contributed by atoms with Crippen molar-refractivity contribution < 1.29 is 37.3 Å². The standard InChI is InChI=1S/C23H22ClF3N2O5S/c24-12-1-2-17-14(5-12)16(30)6-18(32-17)19(31)29-21-8-22(9-21,10-21)34-20-28-15(7-35-20)11-3-13(4-11)33-23(25,26)27/h1-2,5,7,11,13,16,18,30H,3-4,6,8-10H2,(H,29,31)/t11?,13?,16-,18?,21?,22?/m1/s1. The van der Waals surface area contributed by atoms with Crippen LogP contribution >= 0.6 is 22.9 Å². The van der Waals surface area contributed by atoms with Crippen molar-refractivity contribution >= 4 is 28.8 Å². The van der Waals surface area contributed by atoms with Crippen LogP contribution in [0.1, 0.15) is 61.8 Å². The third kappa shape index (κ3) is 4.36. The highest BCUT2D eigenvalue weighted by Crippen LogP contribution is 2.62. The van der Waals surface area contributed by atoms with Crippen LogP contribution in [-0.4, -0.2) is 45.7 Å². The summed E-state index contributed by atoms with van der Waals surface area (Å²) in [6.45, 7) is 0. The third-order valence-corrected chi connectivity index (χ3v) is 8.29. The number of amides is 1. The summed E-state index contributed by atoms with van der Waals surface area (Å²) in [5, 5.41) is 16.3.